The first-order valence-electron chi connectivity index (χ1n) is 25.0. The Balaban J connectivity index is 1.03. The first-order valence-corrected chi connectivity index (χ1v) is 25.0. The molecule has 0 aliphatic rings. The monoisotopic (exact) mass is 1110 g/mol. The largest absolute Gasteiger partial charge is 0.416 e. The zero-order chi connectivity index (χ0) is 57.6. The maximum atomic E-state index is 13.6. The van der Waals surface area contributed by atoms with E-state index < -0.39 is 47.0 Å². The van der Waals surface area contributed by atoms with Crippen LogP contribution >= 0.6 is 0 Å². The van der Waals surface area contributed by atoms with Gasteiger partial charge >= 0.3 is 24.7 Å². The van der Waals surface area contributed by atoms with Crippen molar-refractivity contribution < 1.29 is 52.7 Å². The second kappa shape index (κ2) is 19.3. The molecular weight excluding hydrogens is 1080 g/mol. The Morgan fingerprint density at radius 3 is 0.683 bits per heavy atom. The average Bonchev–Trinajstić information content (AvgIpc) is 3.31. The maximum Gasteiger partial charge on any atom is 0.416 e. The smallest absolute Gasteiger partial charge is 0.309 e. The molecule has 4 nitrogen and oxygen atoms in total. The summed E-state index contributed by atoms with van der Waals surface area (Å²) in [5, 5.41) is 24.0. The number of alkyl halides is 12. The third kappa shape index (κ3) is 9.41. The minimum absolute atomic E-state index is 0.192. The van der Waals surface area contributed by atoms with E-state index >= 15 is 0 Å². The molecule has 0 radical (unpaired) electrons. The van der Waals surface area contributed by atoms with Crippen LogP contribution < -0.4 is 0 Å². The van der Waals surface area contributed by atoms with Gasteiger partial charge < -0.3 is 9.13 Å². The predicted molar refractivity (Wildman–Crippen MR) is 292 cm³/mol. The van der Waals surface area contributed by atoms with E-state index in [0.29, 0.717) is 111 Å². The van der Waals surface area contributed by atoms with Crippen LogP contribution in [0.15, 0.2) is 206 Å². The van der Waals surface area contributed by atoms with Crippen LogP contribution in [0.3, 0.4) is 0 Å². The molecule has 2 aromatic heterocycles. The van der Waals surface area contributed by atoms with E-state index in [9.17, 15) is 63.2 Å². The molecule has 10 aromatic carbocycles. The van der Waals surface area contributed by atoms with Gasteiger partial charge in [-0.2, -0.15) is 63.2 Å². The van der Waals surface area contributed by atoms with E-state index in [1.807, 2.05) is 33.4 Å². The van der Waals surface area contributed by atoms with Crippen LogP contribution in [0.5, 0.6) is 0 Å². The van der Waals surface area contributed by atoms with Gasteiger partial charge in [-0.3, -0.25) is 0 Å². The van der Waals surface area contributed by atoms with Crippen LogP contribution in [-0.2, 0) is 24.7 Å². The summed E-state index contributed by atoms with van der Waals surface area (Å²) in [6.07, 6.45) is -18.3. The standard InChI is InChI=1S/C66H34F12N4/c67-63(68,69)47-15-1-37(2-16-47)41-11-25-59-55(29-41)56-30-42(38-3-17-48(18-4-38)64(70,71)72)12-26-60(56)81(59)51-23-9-45(35-79)53(33-51)54-34-52(24-10-46(54)36-80)82-61-27-13-43(39-5-19-49(20-6-39)65(73,74)75)31-57(61)58-32-44(14-28-62(58)82)40-7-21-50(22-8-40)66(76,77)78/h1-34H. The van der Waals surface area contributed by atoms with Gasteiger partial charge in [0.1, 0.15) is 0 Å². The van der Waals surface area contributed by atoms with Crippen molar-refractivity contribution in [1.29, 1.82) is 10.5 Å². The summed E-state index contributed by atoms with van der Waals surface area (Å²) < 4.78 is 167. The van der Waals surface area contributed by atoms with E-state index in [4.69, 9.17) is 0 Å². The Hall–Kier alpha value is -10.1. The lowest BCUT2D eigenvalue weighted by atomic mass is 9.95. The van der Waals surface area contributed by atoms with Crippen molar-refractivity contribution >= 4 is 43.6 Å². The highest BCUT2D eigenvalue weighted by Gasteiger charge is 2.33. The van der Waals surface area contributed by atoms with Gasteiger partial charge in [-0.05, 0) is 178 Å². The molecular formula is C66H34F12N4. The molecule has 2 heterocycles. The predicted octanol–water partition coefficient (Wildman–Crippen LogP) is 20.0. The van der Waals surface area contributed by atoms with Crippen molar-refractivity contribution in [3.63, 3.8) is 0 Å². The van der Waals surface area contributed by atoms with Crippen LogP contribution in [0.1, 0.15) is 33.4 Å². The van der Waals surface area contributed by atoms with Crippen molar-refractivity contribution in [2.24, 2.45) is 0 Å². The molecule has 0 amide bonds. The second-order valence-electron chi connectivity index (χ2n) is 19.6. The summed E-state index contributed by atoms with van der Waals surface area (Å²) in [7, 11) is 0. The Kier molecular flexibility index (Phi) is 12.4. The van der Waals surface area contributed by atoms with Crippen LogP contribution in [-0.4, -0.2) is 9.13 Å². The van der Waals surface area contributed by atoms with Gasteiger partial charge in [-0.25, -0.2) is 0 Å². The number of fused-ring (bicyclic) bond motifs is 6. The third-order valence-electron chi connectivity index (χ3n) is 14.8. The van der Waals surface area contributed by atoms with Crippen molar-refractivity contribution in [3.05, 3.63) is 240 Å². The highest BCUT2D eigenvalue weighted by atomic mass is 19.4. The lowest BCUT2D eigenvalue weighted by Gasteiger charge is -2.15. The highest BCUT2D eigenvalue weighted by molar-refractivity contribution is 6.13. The van der Waals surface area contributed by atoms with E-state index in [0.717, 1.165) is 48.5 Å². The van der Waals surface area contributed by atoms with Gasteiger partial charge in [-0.1, -0.05) is 72.8 Å². The fourth-order valence-electron chi connectivity index (χ4n) is 10.7. The van der Waals surface area contributed by atoms with Gasteiger partial charge in [0.05, 0.1) is 67.6 Å². The van der Waals surface area contributed by atoms with Crippen LogP contribution in [0.25, 0.3) is 111 Å². The Labute approximate surface area is 457 Å². The molecule has 0 fully saturated rings. The van der Waals surface area contributed by atoms with Crippen LogP contribution in [0, 0.1) is 22.7 Å². The highest BCUT2D eigenvalue weighted by Crippen LogP contribution is 2.43. The normalized spacial score (nSPS) is 12.4. The zero-order valence-electron chi connectivity index (χ0n) is 42.0. The molecule has 0 unspecified atom stereocenters. The summed E-state index contributed by atoms with van der Waals surface area (Å²) in [6.45, 7) is 0. The first-order chi connectivity index (χ1) is 39.0. The van der Waals surface area contributed by atoms with Crippen molar-refractivity contribution in [2.75, 3.05) is 0 Å². The number of aromatic nitrogens is 2. The van der Waals surface area contributed by atoms with Crippen molar-refractivity contribution in [1.82, 2.24) is 9.13 Å². The van der Waals surface area contributed by atoms with E-state index in [1.54, 1.807) is 84.9 Å². The van der Waals surface area contributed by atoms with E-state index in [1.165, 1.54) is 48.5 Å². The van der Waals surface area contributed by atoms with Crippen LogP contribution in [0.2, 0.25) is 0 Å². The van der Waals surface area contributed by atoms with E-state index in [2.05, 4.69) is 12.1 Å². The number of nitrogens with zero attached hydrogens (tertiary/aromatic N) is 4. The fourth-order valence-corrected chi connectivity index (χ4v) is 10.7. The number of nitriles is 2. The minimum atomic E-state index is -4.56. The van der Waals surface area contributed by atoms with Gasteiger partial charge in [-0.15, -0.1) is 0 Å². The minimum Gasteiger partial charge on any atom is -0.309 e. The van der Waals surface area contributed by atoms with Gasteiger partial charge in [0, 0.05) is 44.0 Å². The SMILES string of the molecule is N#Cc1ccc(-n2c3ccc(-c4ccc(C(F)(F)F)cc4)cc3c3cc(-c4ccc(C(F)(F)F)cc4)ccc32)cc1-c1cc(-n2c3ccc(-c4ccc(C(F)(F)F)cc4)cc3c3cc(-c4ccc(C(F)(F)F)cc4)ccc32)ccc1C#N. The summed E-state index contributed by atoms with van der Waals surface area (Å²) in [5.41, 5.74) is 5.58. The van der Waals surface area contributed by atoms with Gasteiger partial charge in [0.25, 0.3) is 0 Å². The second-order valence-corrected chi connectivity index (χ2v) is 19.6. The van der Waals surface area contributed by atoms with Gasteiger partial charge in [0.15, 0.2) is 0 Å². The topological polar surface area (TPSA) is 57.4 Å². The quantitative estimate of drug-likeness (QED) is 0.149. The number of hydrogen-bond acceptors (Lipinski definition) is 2. The molecule has 12 rings (SSSR count). The molecule has 0 atom stereocenters. The molecule has 12 aromatic rings. The number of hydrogen-bond donors (Lipinski definition) is 0. The summed E-state index contributed by atoms with van der Waals surface area (Å²) in [4.78, 5) is 0. The Morgan fingerprint density at radius 1 is 0.256 bits per heavy atom. The molecule has 0 aliphatic heterocycles. The molecule has 0 saturated heterocycles. The van der Waals surface area contributed by atoms with Crippen LogP contribution in [0.4, 0.5) is 52.7 Å². The molecule has 0 bridgehead atoms. The number of rotatable bonds is 7. The lowest BCUT2D eigenvalue weighted by molar-refractivity contribution is -0.138. The van der Waals surface area contributed by atoms with Crippen molar-refractivity contribution in [2.45, 2.75) is 24.7 Å². The Bertz CT molecular complexity index is 4080. The molecule has 0 spiro atoms. The lowest BCUT2D eigenvalue weighted by Crippen LogP contribution is -2.03. The van der Waals surface area contributed by atoms with Gasteiger partial charge in [0.2, 0.25) is 0 Å². The number of benzene rings is 10. The molecule has 0 aliphatic carbocycles. The number of halogens is 12. The molecule has 16 heteroatoms. The average molecular weight is 1110 g/mol. The summed E-state index contributed by atoms with van der Waals surface area (Å²) in [6, 6.07) is 55.0. The maximum absolute atomic E-state index is 13.6. The molecule has 402 valence electrons. The van der Waals surface area contributed by atoms with E-state index in [-0.39, 0.29) is 11.1 Å². The molecule has 0 saturated carbocycles. The molecule has 0 N–H and O–H groups in total. The summed E-state index contributed by atoms with van der Waals surface area (Å²) in [5.74, 6) is 0. The zero-order valence-corrected chi connectivity index (χ0v) is 42.0. The Morgan fingerprint density at radius 2 is 0.476 bits per heavy atom. The molecule has 82 heavy (non-hydrogen) atoms. The third-order valence-corrected chi connectivity index (χ3v) is 14.8. The first kappa shape index (κ1) is 52.6. The van der Waals surface area contributed by atoms with Crippen molar-refractivity contribution in [3.8, 4) is 79.1 Å². The summed E-state index contributed by atoms with van der Waals surface area (Å²) >= 11 is 0. The fraction of sp³-hybridized carbons (Fsp3) is 0.0606.